The first kappa shape index (κ1) is 30.4. The van der Waals surface area contributed by atoms with Gasteiger partial charge in [-0.3, -0.25) is 4.79 Å². The topological polar surface area (TPSA) is 149 Å². The molecule has 11 heteroatoms. The zero-order chi connectivity index (χ0) is 25.9. The van der Waals surface area contributed by atoms with Crippen molar-refractivity contribution in [2.24, 2.45) is 5.73 Å². The number of unbranched alkanes of at least 4 members (excludes halogenated alkanes) is 1. The zero-order valence-electron chi connectivity index (χ0n) is 21.3. The third kappa shape index (κ3) is 12.3. The van der Waals surface area contributed by atoms with Gasteiger partial charge in [-0.1, -0.05) is 13.3 Å². The molecule has 0 aromatic carbocycles. The molecular weight excluding hydrogens is 432 g/mol. The molecule has 0 aromatic rings. The van der Waals surface area contributed by atoms with Crippen LogP contribution in [0.2, 0.25) is 0 Å². The molecule has 0 bridgehead atoms. The number of amides is 3. The Morgan fingerprint density at radius 2 is 1.55 bits per heavy atom. The van der Waals surface area contributed by atoms with E-state index in [1.54, 1.807) is 20.8 Å². The van der Waals surface area contributed by atoms with Crippen LogP contribution in [0.15, 0.2) is 0 Å². The van der Waals surface area contributed by atoms with Crippen molar-refractivity contribution >= 4 is 24.1 Å². The molecule has 1 rings (SSSR count). The van der Waals surface area contributed by atoms with Crippen molar-refractivity contribution in [1.29, 1.82) is 0 Å². The maximum atomic E-state index is 12.0. The number of alkyl carbamates (subject to hydrolysis) is 2. The Morgan fingerprint density at radius 3 is 2.00 bits per heavy atom. The molecule has 1 aliphatic heterocycles. The number of ether oxygens (including phenoxy) is 3. The lowest BCUT2D eigenvalue weighted by Gasteiger charge is -2.29. The Morgan fingerprint density at radius 1 is 1.00 bits per heavy atom. The van der Waals surface area contributed by atoms with E-state index in [-0.39, 0.29) is 31.5 Å². The summed E-state index contributed by atoms with van der Waals surface area (Å²) in [4.78, 5) is 48.0. The van der Waals surface area contributed by atoms with Crippen LogP contribution in [-0.4, -0.2) is 79.0 Å². The minimum Gasteiger partial charge on any atom is -0.467 e. The summed E-state index contributed by atoms with van der Waals surface area (Å²) in [6.45, 7) is 13.7. The van der Waals surface area contributed by atoms with Crippen molar-refractivity contribution in [3.63, 3.8) is 0 Å². The van der Waals surface area contributed by atoms with Crippen LogP contribution in [0.1, 0.15) is 67.7 Å². The van der Waals surface area contributed by atoms with E-state index in [1.165, 1.54) is 12.0 Å². The number of nitrogens with one attached hydrogen (secondary N) is 2. The number of nitrogens with two attached hydrogens (primary N) is 1. The molecule has 1 aliphatic rings. The molecule has 0 saturated carbocycles. The van der Waals surface area contributed by atoms with Gasteiger partial charge in [-0.2, -0.15) is 0 Å². The summed E-state index contributed by atoms with van der Waals surface area (Å²) in [7, 11) is 1.23. The summed E-state index contributed by atoms with van der Waals surface area (Å²) in [5.74, 6) is -0.896. The molecule has 0 radical (unpaired) electrons. The van der Waals surface area contributed by atoms with Gasteiger partial charge in [0.2, 0.25) is 5.91 Å². The van der Waals surface area contributed by atoms with Gasteiger partial charge in [-0.15, -0.1) is 0 Å². The van der Waals surface area contributed by atoms with E-state index in [2.05, 4.69) is 17.6 Å². The molecule has 33 heavy (non-hydrogen) atoms. The maximum absolute atomic E-state index is 12.0. The quantitative estimate of drug-likeness (QED) is 0.300. The van der Waals surface area contributed by atoms with E-state index >= 15 is 0 Å². The van der Waals surface area contributed by atoms with Crippen molar-refractivity contribution in [2.75, 3.05) is 33.3 Å². The molecule has 0 spiro atoms. The number of rotatable bonds is 6. The lowest BCUT2D eigenvalue weighted by atomic mass is 9.99. The summed E-state index contributed by atoms with van der Waals surface area (Å²) < 4.78 is 14.9. The van der Waals surface area contributed by atoms with Crippen LogP contribution in [0.3, 0.4) is 0 Å². The predicted molar refractivity (Wildman–Crippen MR) is 124 cm³/mol. The number of likely N-dealkylation sites (tertiary alicyclic amines) is 1. The number of methoxy groups -OCH3 is 1. The third-order valence-corrected chi connectivity index (χ3v) is 4.31. The average molecular weight is 475 g/mol. The Balaban J connectivity index is 0.000000728. The Labute approximate surface area is 197 Å². The normalized spacial score (nSPS) is 17.9. The van der Waals surface area contributed by atoms with E-state index in [4.69, 9.17) is 19.9 Å². The SMILES string of the molecule is CCCCNC(=O)OC(C)(C)C.COC(=O)C1(NC(=O)OC(C)(C)C)CCN(C(=O)CN)C1. The summed E-state index contributed by atoms with van der Waals surface area (Å²) in [6, 6.07) is 0. The minimum absolute atomic E-state index is 0.0228. The molecule has 192 valence electrons. The number of hydrogen-bond donors (Lipinski definition) is 3. The van der Waals surface area contributed by atoms with E-state index in [1.807, 2.05) is 20.8 Å². The van der Waals surface area contributed by atoms with Crippen LogP contribution < -0.4 is 16.4 Å². The van der Waals surface area contributed by atoms with Crippen LogP contribution in [-0.2, 0) is 23.8 Å². The summed E-state index contributed by atoms with van der Waals surface area (Å²) in [5, 5.41) is 5.22. The smallest absolute Gasteiger partial charge is 0.408 e. The minimum atomic E-state index is -1.29. The van der Waals surface area contributed by atoms with E-state index in [0.717, 1.165) is 12.8 Å². The van der Waals surface area contributed by atoms with Gasteiger partial charge in [-0.05, 0) is 48.0 Å². The lowest BCUT2D eigenvalue weighted by Crippen LogP contribution is -2.58. The summed E-state index contributed by atoms with van der Waals surface area (Å²) in [6.07, 6.45) is 1.28. The van der Waals surface area contributed by atoms with E-state index < -0.39 is 28.8 Å². The van der Waals surface area contributed by atoms with E-state index in [0.29, 0.717) is 13.1 Å². The van der Waals surface area contributed by atoms with Gasteiger partial charge in [0.1, 0.15) is 11.2 Å². The highest BCUT2D eigenvalue weighted by atomic mass is 16.6. The van der Waals surface area contributed by atoms with Crippen LogP contribution in [0.4, 0.5) is 9.59 Å². The summed E-state index contributed by atoms with van der Waals surface area (Å²) in [5.41, 5.74) is 2.94. The molecule has 1 fully saturated rings. The van der Waals surface area contributed by atoms with Gasteiger partial charge in [0.25, 0.3) is 0 Å². The van der Waals surface area contributed by atoms with Gasteiger partial charge in [-0.25, -0.2) is 14.4 Å². The fraction of sp³-hybridized carbons (Fsp3) is 0.818. The average Bonchev–Trinajstić information content (AvgIpc) is 3.09. The number of nitrogens with zero attached hydrogens (tertiary/aromatic N) is 1. The largest absolute Gasteiger partial charge is 0.467 e. The fourth-order valence-corrected chi connectivity index (χ4v) is 2.85. The zero-order valence-corrected chi connectivity index (χ0v) is 21.3. The third-order valence-electron chi connectivity index (χ3n) is 4.31. The number of hydrogen-bond acceptors (Lipinski definition) is 8. The standard InChI is InChI=1S/C13H23N3O5.C9H19NO2/c1-12(2,3)21-11(19)15-13(10(18)20-4)5-6-16(8-13)9(17)7-14;1-5-6-7-10-8(11)12-9(2,3)4/h5-8,14H2,1-4H3,(H,15,19);5-7H2,1-4H3,(H,10,11). The van der Waals surface area contributed by atoms with Crippen LogP contribution in [0, 0.1) is 0 Å². The van der Waals surface area contributed by atoms with Crippen molar-refractivity contribution in [1.82, 2.24) is 15.5 Å². The fourth-order valence-electron chi connectivity index (χ4n) is 2.85. The monoisotopic (exact) mass is 474 g/mol. The molecule has 4 N–H and O–H groups in total. The molecular formula is C22H42N4O7. The molecule has 0 aliphatic carbocycles. The summed E-state index contributed by atoms with van der Waals surface area (Å²) >= 11 is 0. The second-order valence-electron chi connectivity index (χ2n) is 9.75. The van der Waals surface area contributed by atoms with Crippen molar-refractivity contribution in [3.05, 3.63) is 0 Å². The lowest BCUT2D eigenvalue weighted by molar-refractivity contribution is -0.148. The predicted octanol–water partition coefficient (Wildman–Crippen LogP) is 1.93. The first-order valence-corrected chi connectivity index (χ1v) is 11.1. The van der Waals surface area contributed by atoms with Crippen LogP contribution in [0.25, 0.3) is 0 Å². The van der Waals surface area contributed by atoms with Crippen LogP contribution in [0.5, 0.6) is 0 Å². The first-order valence-electron chi connectivity index (χ1n) is 11.1. The first-order chi connectivity index (χ1) is 15.1. The van der Waals surface area contributed by atoms with Crippen molar-refractivity contribution < 1.29 is 33.4 Å². The molecule has 1 unspecified atom stereocenters. The molecule has 11 nitrogen and oxygen atoms in total. The Bertz CT molecular complexity index is 671. The van der Waals surface area contributed by atoms with Gasteiger partial charge < -0.3 is 35.5 Å². The Kier molecular flexibility index (Phi) is 12.2. The number of carbonyl (C=O) groups is 4. The Hall–Kier alpha value is -2.56. The molecule has 1 atom stereocenters. The second kappa shape index (κ2) is 13.2. The molecule has 0 aromatic heterocycles. The number of carbonyl (C=O) groups excluding carboxylic acids is 4. The molecule has 3 amide bonds. The highest BCUT2D eigenvalue weighted by molar-refractivity contribution is 5.88. The number of esters is 1. The van der Waals surface area contributed by atoms with Gasteiger partial charge in [0, 0.05) is 19.5 Å². The highest BCUT2D eigenvalue weighted by Gasteiger charge is 2.48. The van der Waals surface area contributed by atoms with Crippen LogP contribution >= 0.6 is 0 Å². The molecule has 1 saturated heterocycles. The van der Waals surface area contributed by atoms with Gasteiger partial charge in [0.05, 0.1) is 20.2 Å². The van der Waals surface area contributed by atoms with Gasteiger partial charge >= 0.3 is 18.2 Å². The highest BCUT2D eigenvalue weighted by Crippen LogP contribution is 2.24. The molecule has 1 heterocycles. The van der Waals surface area contributed by atoms with Crippen molar-refractivity contribution in [3.8, 4) is 0 Å². The second-order valence-corrected chi connectivity index (χ2v) is 9.75. The van der Waals surface area contributed by atoms with E-state index in [9.17, 15) is 19.2 Å². The van der Waals surface area contributed by atoms with Crippen molar-refractivity contribution in [2.45, 2.75) is 84.5 Å². The van der Waals surface area contributed by atoms with Gasteiger partial charge in [0.15, 0.2) is 5.54 Å². The maximum Gasteiger partial charge on any atom is 0.408 e.